The number of hydrogen-bond donors (Lipinski definition) is 1. The van der Waals surface area contributed by atoms with Crippen molar-refractivity contribution in [1.29, 1.82) is 0 Å². The highest BCUT2D eigenvalue weighted by Crippen LogP contribution is 2.28. The molecule has 1 amide bonds. The molecule has 2 rings (SSSR count). The first-order valence-corrected chi connectivity index (χ1v) is 6.26. The van der Waals surface area contributed by atoms with Crippen LogP contribution < -0.4 is 5.32 Å². The van der Waals surface area contributed by atoms with Crippen LogP contribution in [-0.4, -0.2) is 24.1 Å². The molecule has 2 aromatic rings. The Hall–Kier alpha value is -2.15. The Morgan fingerprint density at radius 2 is 2.11 bits per heavy atom. The van der Waals surface area contributed by atoms with Crippen LogP contribution in [0.2, 0.25) is 0 Å². The van der Waals surface area contributed by atoms with E-state index < -0.39 is 11.9 Å². The van der Waals surface area contributed by atoms with Gasteiger partial charge < -0.3 is 14.6 Å². The first-order valence-electron chi connectivity index (χ1n) is 5.44. The summed E-state index contributed by atoms with van der Waals surface area (Å²) in [5.41, 5.74) is 0.498. The van der Waals surface area contributed by atoms with Gasteiger partial charge in [-0.15, -0.1) is 11.3 Å². The van der Waals surface area contributed by atoms with Crippen LogP contribution in [0.3, 0.4) is 0 Å². The van der Waals surface area contributed by atoms with Crippen molar-refractivity contribution in [2.24, 2.45) is 0 Å². The second-order valence-electron chi connectivity index (χ2n) is 3.87. The van der Waals surface area contributed by atoms with Crippen molar-refractivity contribution < 1.29 is 18.8 Å². The molecule has 0 unspecified atom stereocenters. The highest BCUT2D eigenvalue weighted by atomic mass is 32.1. The van der Waals surface area contributed by atoms with E-state index in [4.69, 9.17) is 4.52 Å². The van der Waals surface area contributed by atoms with E-state index in [-0.39, 0.29) is 5.69 Å². The van der Waals surface area contributed by atoms with E-state index in [0.29, 0.717) is 16.3 Å². The first kappa shape index (κ1) is 13.3. The summed E-state index contributed by atoms with van der Waals surface area (Å²) in [6, 6.07) is 3.19. The average molecular weight is 280 g/mol. The molecule has 6 nitrogen and oxygen atoms in total. The maximum absolute atomic E-state index is 11.9. The predicted molar refractivity (Wildman–Crippen MR) is 69.6 cm³/mol. The van der Waals surface area contributed by atoms with E-state index in [0.717, 1.165) is 4.88 Å². The molecule has 0 saturated heterocycles. The number of carbonyl (C=O) groups is 2. The molecule has 0 aromatic carbocycles. The highest BCUT2D eigenvalue weighted by molar-refractivity contribution is 7.16. The van der Waals surface area contributed by atoms with Gasteiger partial charge in [0, 0.05) is 10.9 Å². The van der Waals surface area contributed by atoms with Gasteiger partial charge in [0.15, 0.2) is 5.69 Å². The number of aromatic nitrogens is 1. The summed E-state index contributed by atoms with van der Waals surface area (Å²) in [5.74, 6) is -0.375. The zero-order valence-corrected chi connectivity index (χ0v) is 11.5. The molecule has 2 heterocycles. The lowest BCUT2D eigenvalue weighted by Gasteiger charge is -2.02. The van der Waals surface area contributed by atoms with Crippen LogP contribution in [0.25, 0.3) is 0 Å². The fourth-order valence-electron chi connectivity index (χ4n) is 1.51. The minimum absolute atomic E-state index is 0.166. The minimum atomic E-state index is -0.490. The molecule has 100 valence electrons. The van der Waals surface area contributed by atoms with E-state index in [1.54, 1.807) is 13.0 Å². The van der Waals surface area contributed by atoms with Crippen LogP contribution in [-0.2, 0) is 4.74 Å². The number of aryl methyl sites for hydroxylation is 2. The molecule has 0 bridgehead atoms. The lowest BCUT2D eigenvalue weighted by atomic mass is 10.3. The number of rotatable bonds is 3. The normalized spacial score (nSPS) is 10.3. The van der Waals surface area contributed by atoms with Gasteiger partial charge in [0.1, 0.15) is 10.8 Å². The maximum Gasteiger partial charge on any atom is 0.340 e. The summed E-state index contributed by atoms with van der Waals surface area (Å²) in [7, 11) is 1.29. The number of nitrogens with zero attached hydrogens (tertiary/aromatic N) is 1. The summed E-state index contributed by atoms with van der Waals surface area (Å²) in [6.45, 7) is 3.53. The molecule has 0 aliphatic heterocycles. The van der Waals surface area contributed by atoms with Crippen LogP contribution in [0.5, 0.6) is 0 Å². The van der Waals surface area contributed by atoms with Crippen molar-refractivity contribution in [3.63, 3.8) is 0 Å². The first-order chi connectivity index (χ1) is 9.01. The van der Waals surface area contributed by atoms with E-state index in [1.807, 2.05) is 6.92 Å². The van der Waals surface area contributed by atoms with Gasteiger partial charge in [-0.25, -0.2) is 4.79 Å². The number of amides is 1. The Morgan fingerprint density at radius 1 is 1.37 bits per heavy atom. The lowest BCUT2D eigenvalue weighted by Crippen LogP contribution is -2.14. The quantitative estimate of drug-likeness (QED) is 0.873. The van der Waals surface area contributed by atoms with Gasteiger partial charge >= 0.3 is 5.97 Å². The molecule has 0 fully saturated rings. The van der Waals surface area contributed by atoms with Crippen molar-refractivity contribution >= 4 is 28.2 Å². The largest absolute Gasteiger partial charge is 0.465 e. The molecule has 0 spiro atoms. The maximum atomic E-state index is 11.9. The Labute approximate surface area is 113 Å². The van der Waals surface area contributed by atoms with Gasteiger partial charge in [-0.3, -0.25) is 4.79 Å². The fourth-order valence-corrected chi connectivity index (χ4v) is 2.40. The van der Waals surface area contributed by atoms with Gasteiger partial charge in [-0.05, 0) is 19.9 Å². The van der Waals surface area contributed by atoms with Crippen LogP contribution in [0, 0.1) is 13.8 Å². The van der Waals surface area contributed by atoms with Crippen molar-refractivity contribution in [2.75, 3.05) is 12.4 Å². The molecule has 0 aliphatic carbocycles. The SMILES string of the molecule is COC(=O)c1cc(C)sc1NC(=O)c1cc(C)on1. The number of ether oxygens (including phenoxy) is 1. The van der Waals surface area contributed by atoms with Crippen LogP contribution in [0.1, 0.15) is 31.5 Å². The Balaban J connectivity index is 2.24. The third-order valence-electron chi connectivity index (χ3n) is 2.35. The summed E-state index contributed by atoms with van der Waals surface area (Å²) >= 11 is 1.30. The minimum Gasteiger partial charge on any atom is -0.465 e. The molecular formula is C12H12N2O4S. The van der Waals surface area contributed by atoms with Gasteiger partial charge in [0.2, 0.25) is 0 Å². The number of carbonyl (C=O) groups excluding carboxylic acids is 2. The van der Waals surface area contributed by atoms with Crippen LogP contribution in [0.4, 0.5) is 5.00 Å². The fraction of sp³-hybridized carbons (Fsp3) is 0.250. The van der Waals surface area contributed by atoms with E-state index >= 15 is 0 Å². The second-order valence-corrected chi connectivity index (χ2v) is 5.12. The van der Waals surface area contributed by atoms with E-state index in [1.165, 1.54) is 24.5 Å². The molecule has 0 radical (unpaired) electrons. The smallest absolute Gasteiger partial charge is 0.340 e. The Kier molecular flexibility index (Phi) is 3.66. The van der Waals surface area contributed by atoms with Crippen molar-refractivity contribution in [2.45, 2.75) is 13.8 Å². The molecule has 0 saturated carbocycles. The zero-order valence-electron chi connectivity index (χ0n) is 10.6. The van der Waals surface area contributed by atoms with Gasteiger partial charge in [0.25, 0.3) is 5.91 Å². The Morgan fingerprint density at radius 3 is 2.68 bits per heavy atom. The number of anilines is 1. The zero-order chi connectivity index (χ0) is 14.0. The summed E-state index contributed by atoms with van der Waals surface area (Å²) in [4.78, 5) is 24.4. The topological polar surface area (TPSA) is 81.4 Å². The third kappa shape index (κ3) is 2.82. The second kappa shape index (κ2) is 5.23. The van der Waals surface area contributed by atoms with Crippen molar-refractivity contribution in [1.82, 2.24) is 5.16 Å². The molecule has 0 atom stereocenters. The number of thiophene rings is 1. The summed E-state index contributed by atoms with van der Waals surface area (Å²) in [6.07, 6.45) is 0. The molecule has 1 N–H and O–H groups in total. The predicted octanol–water partition coefficient (Wildman–Crippen LogP) is 2.39. The molecule has 2 aromatic heterocycles. The molecule has 19 heavy (non-hydrogen) atoms. The van der Waals surface area contributed by atoms with E-state index in [9.17, 15) is 9.59 Å². The molecule has 0 aliphatic rings. The molecular weight excluding hydrogens is 268 g/mol. The average Bonchev–Trinajstić information content (AvgIpc) is 2.95. The number of nitrogens with one attached hydrogen (secondary N) is 1. The summed E-state index contributed by atoms with van der Waals surface area (Å²) in [5, 5.41) is 6.69. The summed E-state index contributed by atoms with van der Waals surface area (Å²) < 4.78 is 9.49. The van der Waals surface area contributed by atoms with E-state index in [2.05, 4.69) is 15.2 Å². The van der Waals surface area contributed by atoms with Crippen LogP contribution in [0.15, 0.2) is 16.7 Å². The highest BCUT2D eigenvalue weighted by Gasteiger charge is 2.19. The lowest BCUT2D eigenvalue weighted by molar-refractivity contribution is 0.0602. The van der Waals surface area contributed by atoms with Crippen molar-refractivity contribution in [3.8, 4) is 0 Å². The van der Waals surface area contributed by atoms with Crippen LogP contribution >= 0.6 is 11.3 Å². The number of esters is 1. The number of methoxy groups -OCH3 is 1. The standard InChI is InChI=1S/C12H12N2O4S/c1-6-4-9(14-18-6)10(15)13-11-8(12(16)17-3)5-7(2)19-11/h4-5H,1-3H3,(H,13,15). The number of hydrogen-bond acceptors (Lipinski definition) is 6. The van der Waals surface area contributed by atoms with Crippen molar-refractivity contribution in [3.05, 3.63) is 34.0 Å². The Bertz CT molecular complexity index is 629. The van der Waals surface area contributed by atoms with Gasteiger partial charge in [-0.2, -0.15) is 0 Å². The monoisotopic (exact) mass is 280 g/mol. The van der Waals surface area contributed by atoms with Gasteiger partial charge in [0.05, 0.1) is 12.7 Å². The molecule has 7 heteroatoms. The van der Waals surface area contributed by atoms with Gasteiger partial charge in [-0.1, -0.05) is 5.16 Å². The third-order valence-corrected chi connectivity index (χ3v) is 3.31.